The molecule has 0 atom stereocenters. The van der Waals surface area contributed by atoms with Gasteiger partial charge in [-0.25, -0.2) is 0 Å². The van der Waals surface area contributed by atoms with E-state index in [2.05, 4.69) is 170 Å². The number of fused-ring (bicyclic) bond motifs is 9. The lowest BCUT2D eigenvalue weighted by Crippen LogP contribution is -1.91. The van der Waals surface area contributed by atoms with Crippen LogP contribution < -0.4 is 0 Å². The van der Waals surface area contributed by atoms with Crippen molar-refractivity contribution in [2.24, 2.45) is 0 Å². The average molecular weight is 597 g/mol. The summed E-state index contributed by atoms with van der Waals surface area (Å²) in [7, 11) is 0. The molecule has 1 heteroatoms. The summed E-state index contributed by atoms with van der Waals surface area (Å²) in [6, 6.07) is 61.5. The van der Waals surface area contributed by atoms with E-state index in [0.717, 1.165) is 21.9 Å². The lowest BCUT2D eigenvalue weighted by atomic mass is 9.85. The summed E-state index contributed by atoms with van der Waals surface area (Å²) in [6.45, 7) is 0. The normalized spacial score (nSPS) is 11.8. The van der Waals surface area contributed by atoms with Gasteiger partial charge in [0.25, 0.3) is 0 Å². The molecule has 1 nitrogen and oxygen atoms in total. The van der Waals surface area contributed by atoms with Gasteiger partial charge in [-0.05, 0) is 95.3 Å². The Kier molecular flexibility index (Phi) is 5.64. The topological polar surface area (TPSA) is 13.1 Å². The third-order valence-electron chi connectivity index (χ3n) is 9.82. The fourth-order valence-electron chi connectivity index (χ4n) is 7.71. The van der Waals surface area contributed by atoms with Crippen LogP contribution in [0.15, 0.2) is 174 Å². The lowest BCUT2D eigenvalue weighted by molar-refractivity contribution is 0.673. The molecule has 0 aliphatic carbocycles. The molecule has 0 saturated heterocycles. The quantitative estimate of drug-likeness (QED) is 0.185. The molecule has 0 saturated carbocycles. The summed E-state index contributed by atoms with van der Waals surface area (Å²) in [6.07, 6.45) is 0. The first-order valence-electron chi connectivity index (χ1n) is 16.2. The predicted octanol–water partition coefficient (Wildman–Crippen LogP) is 13.2. The smallest absolute Gasteiger partial charge is 0.143 e. The van der Waals surface area contributed by atoms with Gasteiger partial charge in [-0.3, -0.25) is 0 Å². The molecule has 0 N–H and O–H groups in total. The summed E-state index contributed by atoms with van der Waals surface area (Å²) in [5.41, 5.74) is 9.23. The summed E-state index contributed by atoms with van der Waals surface area (Å²) in [5.74, 6) is 0. The molecule has 0 spiro atoms. The standard InChI is InChI=1S/C46H28O/c1-2-12-31(13-3-1)43-36-17-6-8-19-38(36)44(39-20-9-7-18-37(39)43)34-15-10-14-32(27-34)33-22-21-30-23-25-40-45-35-16-5-4-11-29(35)24-26-42(45)47-46(40)41(30)28-33/h1-28H. The molecule has 9 aromatic carbocycles. The second kappa shape index (κ2) is 10.2. The van der Waals surface area contributed by atoms with Crippen LogP contribution in [-0.2, 0) is 0 Å². The van der Waals surface area contributed by atoms with E-state index in [1.54, 1.807) is 0 Å². The van der Waals surface area contributed by atoms with E-state index in [-0.39, 0.29) is 0 Å². The first-order valence-corrected chi connectivity index (χ1v) is 16.2. The Hall–Kier alpha value is -6.18. The Morgan fingerprint density at radius 2 is 0.830 bits per heavy atom. The molecule has 10 rings (SSSR count). The Morgan fingerprint density at radius 1 is 0.298 bits per heavy atom. The van der Waals surface area contributed by atoms with Crippen LogP contribution in [-0.4, -0.2) is 0 Å². The highest BCUT2D eigenvalue weighted by Gasteiger charge is 2.17. The highest BCUT2D eigenvalue weighted by molar-refractivity contribution is 6.24. The van der Waals surface area contributed by atoms with Gasteiger partial charge < -0.3 is 4.42 Å². The zero-order valence-corrected chi connectivity index (χ0v) is 25.6. The Balaban J connectivity index is 1.19. The predicted molar refractivity (Wildman–Crippen MR) is 200 cm³/mol. The molecule has 47 heavy (non-hydrogen) atoms. The van der Waals surface area contributed by atoms with Crippen LogP contribution in [0.2, 0.25) is 0 Å². The van der Waals surface area contributed by atoms with Crippen LogP contribution in [0.1, 0.15) is 0 Å². The van der Waals surface area contributed by atoms with Crippen molar-refractivity contribution in [2.45, 2.75) is 0 Å². The number of rotatable bonds is 3. The van der Waals surface area contributed by atoms with Gasteiger partial charge in [0, 0.05) is 16.2 Å². The maximum atomic E-state index is 6.60. The van der Waals surface area contributed by atoms with Gasteiger partial charge in [0.05, 0.1) is 0 Å². The van der Waals surface area contributed by atoms with E-state index in [1.807, 2.05) is 0 Å². The zero-order valence-electron chi connectivity index (χ0n) is 25.6. The van der Waals surface area contributed by atoms with Crippen molar-refractivity contribution in [3.05, 3.63) is 170 Å². The van der Waals surface area contributed by atoms with Crippen LogP contribution >= 0.6 is 0 Å². The second-order valence-corrected chi connectivity index (χ2v) is 12.4. The van der Waals surface area contributed by atoms with E-state index < -0.39 is 0 Å². The number of benzene rings is 9. The molecule has 0 bridgehead atoms. The number of furan rings is 1. The molecular weight excluding hydrogens is 569 g/mol. The van der Waals surface area contributed by atoms with Crippen LogP contribution in [0.3, 0.4) is 0 Å². The van der Waals surface area contributed by atoms with Gasteiger partial charge in [0.1, 0.15) is 11.2 Å². The third-order valence-corrected chi connectivity index (χ3v) is 9.82. The van der Waals surface area contributed by atoms with Gasteiger partial charge >= 0.3 is 0 Å². The molecule has 1 aromatic heterocycles. The van der Waals surface area contributed by atoms with Gasteiger partial charge in [0.15, 0.2) is 0 Å². The first-order chi connectivity index (χ1) is 23.3. The molecule has 0 fully saturated rings. The maximum absolute atomic E-state index is 6.60. The van der Waals surface area contributed by atoms with Gasteiger partial charge in [-0.15, -0.1) is 0 Å². The van der Waals surface area contributed by atoms with Crippen molar-refractivity contribution in [1.82, 2.24) is 0 Å². The highest BCUT2D eigenvalue weighted by Crippen LogP contribution is 2.44. The summed E-state index contributed by atoms with van der Waals surface area (Å²) >= 11 is 0. The van der Waals surface area contributed by atoms with Crippen LogP contribution in [0.4, 0.5) is 0 Å². The molecule has 0 radical (unpaired) electrons. The fourth-order valence-corrected chi connectivity index (χ4v) is 7.71. The molecule has 1 heterocycles. The summed E-state index contributed by atoms with van der Waals surface area (Å²) < 4.78 is 6.60. The van der Waals surface area contributed by atoms with E-state index in [0.29, 0.717) is 0 Å². The first kappa shape index (κ1) is 26.1. The molecule has 0 aliphatic rings. The minimum Gasteiger partial charge on any atom is -0.455 e. The van der Waals surface area contributed by atoms with E-state index in [1.165, 1.54) is 76.5 Å². The Bertz CT molecular complexity index is 2780. The fraction of sp³-hybridized carbons (Fsp3) is 0. The van der Waals surface area contributed by atoms with E-state index in [4.69, 9.17) is 4.42 Å². The molecule has 10 aromatic rings. The van der Waals surface area contributed by atoms with Crippen molar-refractivity contribution in [3.63, 3.8) is 0 Å². The number of hydrogen-bond donors (Lipinski definition) is 0. The van der Waals surface area contributed by atoms with Crippen molar-refractivity contribution in [2.75, 3.05) is 0 Å². The average Bonchev–Trinajstić information content (AvgIpc) is 3.54. The van der Waals surface area contributed by atoms with E-state index in [9.17, 15) is 0 Å². The monoisotopic (exact) mass is 596 g/mol. The molecule has 218 valence electrons. The maximum Gasteiger partial charge on any atom is 0.143 e. The SMILES string of the molecule is c1ccc(-c2c3ccccc3c(-c3cccc(-c4ccc5ccc6c(oc7ccc8ccccc8c76)c5c4)c3)c3ccccc23)cc1. The minimum atomic E-state index is 0.927. The van der Waals surface area contributed by atoms with Crippen molar-refractivity contribution in [1.29, 1.82) is 0 Å². The van der Waals surface area contributed by atoms with Crippen LogP contribution in [0.25, 0.3) is 98.4 Å². The molecule has 0 unspecified atom stereocenters. The van der Waals surface area contributed by atoms with Crippen LogP contribution in [0.5, 0.6) is 0 Å². The van der Waals surface area contributed by atoms with Crippen molar-refractivity contribution >= 4 is 65.0 Å². The number of hydrogen-bond acceptors (Lipinski definition) is 1. The van der Waals surface area contributed by atoms with E-state index >= 15 is 0 Å². The molecule has 0 aliphatic heterocycles. The van der Waals surface area contributed by atoms with Crippen molar-refractivity contribution in [3.8, 4) is 33.4 Å². The Labute approximate surface area is 271 Å². The van der Waals surface area contributed by atoms with Crippen molar-refractivity contribution < 1.29 is 4.42 Å². The molecular formula is C46H28O. The largest absolute Gasteiger partial charge is 0.455 e. The van der Waals surface area contributed by atoms with Gasteiger partial charge in [0.2, 0.25) is 0 Å². The molecule has 0 amide bonds. The minimum absolute atomic E-state index is 0.927. The zero-order chi connectivity index (χ0) is 30.9. The van der Waals surface area contributed by atoms with Gasteiger partial charge in [-0.2, -0.15) is 0 Å². The Morgan fingerprint density at radius 3 is 1.57 bits per heavy atom. The second-order valence-electron chi connectivity index (χ2n) is 12.4. The van der Waals surface area contributed by atoms with Crippen LogP contribution in [0, 0.1) is 0 Å². The summed E-state index contributed by atoms with van der Waals surface area (Å²) in [5, 5.41) is 12.2. The summed E-state index contributed by atoms with van der Waals surface area (Å²) in [4.78, 5) is 0. The lowest BCUT2D eigenvalue weighted by Gasteiger charge is -2.18. The van der Waals surface area contributed by atoms with Gasteiger partial charge in [-0.1, -0.05) is 146 Å². The highest BCUT2D eigenvalue weighted by atomic mass is 16.3. The third kappa shape index (κ3) is 3.97.